The van der Waals surface area contributed by atoms with Crippen molar-refractivity contribution < 1.29 is 8.42 Å². The summed E-state index contributed by atoms with van der Waals surface area (Å²) in [4.78, 5) is 0.853. The minimum atomic E-state index is -3.42. The Morgan fingerprint density at radius 2 is 2.17 bits per heavy atom. The summed E-state index contributed by atoms with van der Waals surface area (Å²) in [7, 11) is -1.82. The summed E-state index contributed by atoms with van der Waals surface area (Å²) in [6, 6.07) is 3.21. The SMILES string of the molecule is CCC(C)CN(C)S(=O)(=O)c1ccc(C(N)=S)s1. The quantitative estimate of drug-likeness (QED) is 0.817. The zero-order valence-electron chi connectivity index (χ0n) is 10.7. The highest BCUT2D eigenvalue weighted by Crippen LogP contribution is 2.24. The lowest BCUT2D eigenvalue weighted by Gasteiger charge is -2.19. The van der Waals surface area contributed by atoms with Crippen LogP contribution in [0.3, 0.4) is 0 Å². The highest BCUT2D eigenvalue weighted by atomic mass is 32.2. The first-order valence-corrected chi connectivity index (χ1v) is 8.31. The van der Waals surface area contributed by atoms with Gasteiger partial charge >= 0.3 is 0 Å². The first-order chi connectivity index (χ1) is 8.28. The molecule has 4 nitrogen and oxygen atoms in total. The molecule has 102 valence electrons. The van der Waals surface area contributed by atoms with Gasteiger partial charge in [-0.25, -0.2) is 8.42 Å². The lowest BCUT2D eigenvalue weighted by atomic mass is 10.1. The van der Waals surface area contributed by atoms with E-state index in [1.807, 2.05) is 13.8 Å². The van der Waals surface area contributed by atoms with E-state index >= 15 is 0 Å². The van der Waals surface area contributed by atoms with Crippen molar-refractivity contribution in [1.29, 1.82) is 0 Å². The Labute approximate surface area is 118 Å². The minimum Gasteiger partial charge on any atom is -0.389 e. The van der Waals surface area contributed by atoms with Crippen LogP contribution in [-0.4, -0.2) is 31.3 Å². The highest BCUT2D eigenvalue weighted by Gasteiger charge is 2.24. The molecule has 1 aromatic heterocycles. The Morgan fingerprint density at radius 3 is 2.61 bits per heavy atom. The molecule has 1 aromatic rings. The summed E-state index contributed by atoms with van der Waals surface area (Å²) in [5.74, 6) is 0.333. The van der Waals surface area contributed by atoms with E-state index < -0.39 is 10.0 Å². The third-order valence-corrected chi connectivity index (χ3v) is 6.51. The Kier molecular flexibility index (Phi) is 5.27. The van der Waals surface area contributed by atoms with Gasteiger partial charge < -0.3 is 5.73 Å². The van der Waals surface area contributed by atoms with Crippen LogP contribution in [0.25, 0.3) is 0 Å². The number of thiocarbonyl (C=S) groups is 1. The monoisotopic (exact) mass is 306 g/mol. The highest BCUT2D eigenvalue weighted by molar-refractivity contribution is 7.91. The molecule has 0 saturated heterocycles. The minimum absolute atomic E-state index is 0.228. The molecule has 0 aromatic carbocycles. The van der Waals surface area contributed by atoms with E-state index in [2.05, 4.69) is 0 Å². The molecule has 1 heterocycles. The second-order valence-corrected chi connectivity index (χ2v) is 8.08. The van der Waals surface area contributed by atoms with Gasteiger partial charge in [0.15, 0.2) is 0 Å². The van der Waals surface area contributed by atoms with Crippen LogP contribution in [0.15, 0.2) is 16.3 Å². The number of nitrogens with two attached hydrogens (primary N) is 1. The van der Waals surface area contributed by atoms with E-state index in [9.17, 15) is 8.42 Å². The third-order valence-electron chi connectivity index (χ3n) is 2.75. The molecule has 1 atom stereocenters. The molecule has 0 aliphatic heterocycles. The molecule has 1 unspecified atom stereocenters. The molecule has 0 aliphatic carbocycles. The number of hydrogen-bond donors (Lipinski definition) is 1. The van der Waals surface area contributed by atoms with Gasteiger partial charge in [0.2, 0.25) is 0 Å². The molecule has 0 bridgehead atoms. The summed E-state index contributed by atoms with van der Waals surface area (Å²) in [6.45, 7) is 4.58. The van der Waals surface area contributed by atoms with Gasteiger partial charge in [0, 0.05) is 13.6 Å². The molecule has 2 N–H and O–H groups in total. The molecule has 0 amide bonds. The number of sulfonamides is 1. The Bertz CT molecular complexity index is 522. The average Bonchev–Trinajstić information content (AvgIpc) is 2.78. The molecule has 7 heteroatoms. The maximum Gasteiger partial charge on any atom is 0.252 e. The molecule has 0 spiro atoms. The van der Waals surface area contributed by atoms with E-state index in [0.717, 1.165) is 17.8 Å². The fourth-order valence-corrected chi connectivity index (χ4v) is 4.26. The van der Waals surface area contributed by atoms with Crippen LogP contribution in [0, 0.1) is 5.92 Å². The van der Waals surface area contributed by atoms with E-state index in [4.69, 9.17) is 18.0 Å². The first-order valence-electron chi connectivity index (χ1n) is 5.65. The van der Waals surface area contributed by atoms with E-state index in [0.29, 0.717) is 17.3 Å². The standard InChI is InChI=1S/C11H18N2O2S3/c1-4-8(2)7-13(3)18(14,15)10-6-5-9(17-10)11(12)16/h5-6,8H,4,7H2,1-3H3,(H2,12,16). The van der Waals surface area contributed by atoms with E-state index in [1.165, 1.54) is 4.31 Å². The summed E-state index contributed by atoms with van der Waals surface area (Å²) in [6.07, 6.45) is 0.947. The first kappa shape index (κ1) is 15.6. The normalized spacial score (nSPS) is 13.8. The van der Waals surface area contributed by atoms with Crippen molar-refractivity contribution in [2.45, 2.75) is 24.5 Å². The van der Waals surface area contributed by atoms with Crippen molar-refractivity contribution in [3.05, 3.63) is 17.0 Å². The molecular weight excluding hydrogens is 288 g/mol. The maximum atomic E-state index is 12.3. The largest absolute Gasteiger partial charge is 0.389 e. The predicted molar refractivity (Wildman–Crippen MR) is 79.5 cm³/mol. The molecular formula is C11H18N2O2S3. The van der Waals surface area contributed by atoms with Crippen LogP contribution in [0.4, 0.5) is 0 Å². The zero-order chi connectivity index (χ0) is 13.9. The van der Waals surface area contributed by atoms with Crippen molar-refractivity contribution in [2.75, 3.05) is 13.6 Å². The van der Waals surface area contributed by atoms with Gasteiger partial charge in [-0.15, -0.1) is 11.3 Å². The number of nitrogens with zero attached hydrogens (tertiary/aromatic N) is 1. The Balaban J connectivity index is 2.94. The van der Waals surface area contributed by atoms with Gasteiger partial charge in [0.1, 0.15) is 9.20 Å². The van der Waals surface area contributed by atoms with Crippen molar-refractivity contribution in [1.82, 2.24) is 4.31 Å². The van der Waals surface area contributed by atoms with Crippen LogP contribution in [0.2, 0.25) is 0 Å². The third kappa shape index (κ3) is 3.50. The molecule has 0 radical (unpaired) electrons. The average molecular weight is 306 g/mol. The van der Waals surface area contributed by atoms with Gasteiger partial charge in [0.05, 0.1) is 4.88 Å². The van der Waals surface area contributed by atoms with Gasteiger partial charge in [-0.1, -0.05) is 32.5 Å². The van der Waals surface area contributed by atoms with Crippen LogP contribution < -0.4 is 5.73 Å². The lowest BCUT2D eigenvalue weighted by molar-refractivity contribution is 0.394. The number of thiophene rings is 1. The van der Waals surface area contributed by atoms with Crippen molar-refractivity contribution >= 4 is 38.6 Å². The summed E-state index contributed by atoms with van der Waals surface area (Å²) < 4.78 is 26.2. The molecule has 18 heavy (non-hydrogen) atoms. The zero-order valence-corrected chi connectivity index (χ0v) is 13.2. The maximum absolute atomic E-state index is 12.3. The van der Waals surface area contributed by atoms with Crippen LogP contribution in [-0.2, 0) is 10.0 Å². The smallest absolute Gasteiger partial charge is 0.252 e. The van der Waals surface area contributed by atoms with Crippen LogP contribution >= 0.6 is 23.6 Å². The summed E-state index contributed by atoms with van der Waals surface area (Å²) in [5, 5.41) is 0. The molecule has 0 aliphatic rings. The topological polar surface area (TPSA) is 63.4 Å². The van der Waals surface area contributed by atoms with Crippen LogP contribution in [0.5, 0.6) is 0 Å². The summed E-state index contributed by atoms with van der Waals surface area (Å²) >= 11 is 5.95. The second-order valence-electron chi connectivity index (χ2n) is 4.28. The Hall–Kier alpha value is -0.500. The van der Waals surface area contributed by atoms with Crippen molar-refractivity contribution in [3.63, 3.8) is 0 Å². The predicted octanol–water partition coefficient (Wildman–Crippen LogP) is 2.05. The van der Waals surface area contributed by atoms with Gasteiger partial charge in [-0.05, 0) is 18.1 Å². The fourth-order valence-electron chi connectivity index (χ4n) is 1.41. The Morgan fingerprint density at radius 1 is 1.56 bits per heavy atom. The van der Waals surface area contributed by atoms with Crippen LogP contribution in [0.1, 0.15) is 25.1 Å². The number of rotatable bonds is 6. The number of hydrogen-bond acceptors (Lipinski definition) is 4. The second kappa shape index (κ2) is 6.10. The van der Waals surface area contributed by atoms with Gasteiger partial charge in [0.25, 0.3) is 10.0 Å². The fraction of sp³-hybridized carbons (Fsp3) is 0.545. The summed E-state index contributed by atoms with van der Waals surface area (Å²) in [5.41, 5.74) is 5.48. The molecule has 0 fully saturated rings. The van der Waals surface area contributed by atoms with E-state index in [1.54, 1.807) is 19.2 Å². The van der Waals surface area contributed by atoms with Gasteiger partial charge in [-0.3, -0.25) is 0 Å². The van der Waals surface area contributed by atoms with E-state index in [-0.39, 0.29) is 9.20 Å². The lowest BCUT2D eigenvalue weighted by Crippen LogP contribution is -2.30. The van der Waals surface area contributed by atoms with Crippen molar-refractivity contribution in [3.8, 4) is 0 Å². The van der Waals surface area contributed by atoms with Crippen molar-refractivity contribution in [2.24, 2.45) is 11.7 Å². The van der Waals surface area contributed by atoms with Gasteiger partial charge in [-0.2, -0.15) is 4.31 Å². The molecule has 0 saturated carbocycles. The molecule has 1 rings (SSSR count).